The van der Waals surface area contributed by atoms with Gasteiger partial charge in [-0.1, -0.05) is 0 Å². The molecule has 0 aliphatic heterocycles. The molecule has 184 valence electrons. The van der Waals surface area contributed by atoms with Gasteiger partial charge in [0.05, 0.1) is 37.4 Å². The molecule has 3 aromatic heterocycles. The van der Waals surface area contributed by atoms with Gasteiger partial charge in [-0.25, -0.2) is 21.8 Å². The van der Waals surface area contributed by atoms with Gasteiger partial charge in [0.15, 0.2) is 5.69 Å². The maximum atomic E-state index is 12.8. The van der Waals surface area contributed by atoms with E-state index >= 15 is 0 Å². The molecule has 0 fully saturated rings. The van der Waals surface area contributed by atoms with Gasteiger partial charge in [0.25, 0.3) is 5.95 Å². The monoisotopic (exact) mass is 579 g/mol. The smallest absolute Gasteiger partial charge is 0.748 e. The van der Waals surface area contributed by atoms with Gasteiger partial charge in [-0.3, -0.25) is 9.89 Å². The SMILES string of the molecule is Cc1[nH]n(-c2nc(NCCS(=O)(=O)[O-])nc(NCCS(=O)(=O)[O-])n2)c(=O)c1N=Nc1ncns1.[Na+].[Na+]. The summed E-state index contributed by atoms with van der Waals surface area (Å²) in [6, 6.07) is 0. The molecule has 0 spiro atoms. The van der Waals surface area contributed by atoms with E-state index in [0.717, 1.165) is 16.2 Å². The second-order valence-electron chi connectivity index (χ2n) is 6.31. The van der Waals surface area contributed by atoms with Gasteiger partial charge in [0.1, 0.15) is 6.33 Å². The molecule has 0 radical (unpaired) electrons. The molecule has 18 nitrogen and oxygen atoms in total. The van der Waals surface area contributed by atoms with Crippen LogP contribution in [0.4, 0.5) is 22.7 Å². The van der Waals surface area contributed by atoms with Crippen LogP contribution >= 0.6 is 11.5 Å². The van der Waals surface area contributed by atoms with E-state index in [0.29, 0.717) is 0 Å². The first-order valence-electron chi connectivity index (χ1n) is 9.02. The van der Waals surface area contributed by atoms with Gasteiger partial charge < -0.3 is 19.7 Å². The second kappa shape index (κ2) is 13.9. The number of anilines is 2. The zero-order chi connectivity index (χ0) is 24.9. The molecule has 0 bridgehead atoms. The Morgan fingerprint density at radius 2 is 1.56 bits per heavy atom. The third-order valence-corrected chi connectivity index (χ3v) is 5.68. The number of rotatable bonds is 11. The predicted molar refractivity (Wildman–Crippen MR) is 115 cm³/mol. The molecule has 3 heterocycles. The summed E-state index contributed by atoms with van der Waals surface area (Å²) in [5.41, 5.74) is -0.509. The molecule has 0 atom stereocenters. The van der Waals surface area contributed by atoms with Crippen molar-refractivity contribution in [1.29, 1.82) is 0 Å². The summed E-state index contributed by atoms with van der Waals surface area (Å²) in [6.45, 7) is 0.817. The van der Waals surface area contributed by atoms with Gasteiger partial charge in [-0.15, -0.1) is 10.2 Å². The van der Waals surface area contributed by atoms with Gasteiger partial charge in [0.2, 0.25) is 17.0 Å². The van der Waals surface area contributed by atoms with Crippen molar-refractivity contribution in [2.75, 3.05) is 35.2 Å². The molecule has 0 unspecified atom stereocenters. The minimum absolute atomic E-state index is 0. The molecule has 0 saturated heterocycles. The molecule has 0 amide bonds. The van der Waals surface area contributed by atoms with Crippen LogP contribution in [0.1, 0.15) is 5.69 Å². The zero-order valence-corrected chi connectivity index (χ0v) is 25.5. The average molecular weight is 580 g/mol. The Kier molecular flexibility index (Phi) is 12.6. The Labute approximate surface area is 252 Å². The maximum Gasteiger partial charge on any atom is 1.00 e. The Morgan fingerprint density at radius 1 is 1.00 bits per heavy atom. The van der Waals surface area contributed by atoms with Crippen molar-refractivity contribution in [3.05, 3.63) is 22.4 Å². The van der Waals surface area contributed by atoms with Crippen LogP contribution in [-0.2, 0) is 20.2 Å². The van der Waals surface area contributed by atoms with E-state index in [1.165, 1.54) is 13.3 Å². The molecule has 0 aliphatic carbocycles. The van der Waals surface area contributed by atoms with Crippen molar-refractivity contribution in [3.63, 3.8) is 0 Å². The van der Waals surface area contributed by atoms with Crippen LogP contribution < -0.4 is 75.3 Å². The minimum atomic E-state index is -4.52. The topological polar surface area (TPSA) is 265 Å². The second-order valence-corrected chi connectivity index (χ2v) is 10.1. The third-order valence-electron chi connectivity index (χ3n) is 3.72. The van der Waals surface area contributed by atoms with Gasteiger partial charge in [0, 0.05) is 24.6 Å². The number of azo groups is 1. The Hall–Kier alpha value is -1.40. The van der Waals surface area contributed by atoms with E-state index in [9.17, 15) is 30.7 Å². The molecule has 36 heavy (non-hydrogen) atoms. The van der Waals surface area contributed by atoms with Gasteiger partial charge in [-0.2, -0.15) is 24.0 Å². The standard InChI is InChI=1S/C13H17N11O7S3.2Na/c1-7-8(21-22-13-16-6-17-32-13)9(25)24(23-7)12-19-10(14-2-4-33(26,27)28)18-11(20-12)15-3-5-34(29,30)31;;/h6,23H,2-5H2,1H3,(H,26,27,28)(H,29,30,31)(H2,14,15,18,19,20);;/q;2*+1/p-2. The molecule has 3 N–H and O–H groups in total. The van der Waals surface area contributed by atoms with Crippen LogP contribution in [0, 0.1) is 6.92 Å². The predicted octanol–water partition coefficient (Wildman–Crippen LogP) is -7.15. The number of aryl methyl sites for hydroxylation is 1. The number of hydrogen-bond acceptors (Lipinski definition) is 17. The Morgan fingerprint density at radius 3 is 2.03 bits per heavy atom. The molecular formula is C13H15N11Na2O7S3. The fourth-order valence-corrected chi connectivity index (χ4v) is 3.36. The summed E-state index contributed by atoms with van der Waals surface area (Å²) >= 11 is 0.959. The van der Waals surface area contributed by atoms with E-state index in [1.807, 2.05) is 0 Å². The molecular weight excluding hydrogens is 564 g/mol. The van der Waals surface area contributed by atoms with Crippen LogP contribution in [-0.4, -0.2) is 84.6 Å². The van der Waals surface area contributed by atoms with Crippen molar-refractivity contribution in [2.45, 2.75) is 6.92 Å². The van der Waals surface area contributed by atoms with E-state index < -0.39 is 37.3 Å². The summed E-state index contributed by atoms with van der Waals surface area (Å²) < 4.78 is 69.6. The number of aromatic amines is 1. The first-order chi connectivity index (χ1) is 15.9. The fraction of sp³-hybridized carbons (Fsp3) is 0.385. The number of nitrogens with one attached hydrogen (secondary N) is 3. The van der Waals surface area contributed by atoms with Gasteiger partial charge in [-0.05, 0) is 6.92 Å². The first-order valence-corrected chi connectivity index (χ1v) is 13.0. The van der Waals surface area contributed by atoms with Crippen molar-refractivity contribution in [1.82, 2.24) is 34.1 Å². The summed E-state index contributed by atoms with van der Waals surface area (Å²) in [5.74, 6) is -2.32. The first kappa shape index (κ1) is 32.6. The molecule has 23 heteroatoms. The largest absolute Gasteiger partial charge is 1.00 e. The van der Waals surface area contributed by atoms with Gasteiger partial charge >= 0.3 is 64.7 Å². The van der Waals surface area contributed by atoms with Crippen LogP contribution in [0.25, 0.3) is 5.95 Å². The number of aromatic nitrogens is 7. The number of hydrogen-bond donors (Lipinski definition) is 3. The molecule has 3 aromatic rings. The molecule has 0 aliphatic rings. The Balaban J connectivity index is 0.00000324. The van der Waals surface area contributed by atoms with Crippen molar-refractivity contribution >= 4 is 54.5 Å². The normalized spacial score (nSPS) is 11.6. The van der Waals surface area contributed by atoms with E-state index in [1.54, 1.807) is 0 Å². The van der Waals surface area contributed by atoms with Crippen LogP contribution in [0.5, 0.6) is 0 Å². The van der Waals surface area contributed by atoms with Crippen molar-refractivity contribution < 1.29 is 85.1 Å². The van der Waals surface area contributed by atoms with Crippen LogP contribution in [0.3, 0.4) is 0 Å². The Bertz CT molecular complexity index is 1400. The molecule has 3 rings (SSSR count). The number of H-pyrrole nitrogens is 1. The summed E-state index contributed by atoms with van der Waals surface area (Å²) in [6.07, 6.45) is 1.27. The van der Waals surface area contributed by atoms with E-state index in [2.05, 4.69) is 50.3 Å². The minimum Gasteiger partial charge on any atom is -0.748 e. The molecule has 0 aromatic carbocycles. The summed E-state index contributed by atoms with van der Waals surface area (Å²) in [5, 5.41) is 15.6. The van der Waals surface area contributed by atoms with Crippen LogP contribution in [0.2, 0.25) is 0 Å². The average Bonchev–Trinajstić information content (AvgIpc) is 3.32. The summed E-state index contributed by atoms with van der Waals surface area (Å²) in [7, 11) is -9.05. The number of nitrogens with zero attached hydrogens (tertiary/aromatic N) is 8. The zero-order valence-electron chi connectivity index (χ0n) is 19.1. The van der Waals surface area contributed by atoms with Crippen molar-refractivity contribution in [2.24, 2.45) is 10.2 Å². The van der Waals surface area contributed by atoms with E-state index in [-0.39, 0.29) is 107 Å². The quantitative estimate of drug-likeness (QED) is 0.108. The van der Waals surface area contributed by atoms with E-state index in [4.69, 9.17) is 0 Å². The maximum absolute atomic E-state index is 12.8. The third kappa shape index (κ3) is 10.2. The fourth-order valence-electron chi connectivity index (χ4n) is 2.30. The van der Waals surface area contributed by atoms with Crippen LogP contribution in [0.15, 0.2) is 21.4 Å². The summed E-state index contributed by atoms with van der Waals surface area (Å²) in [4.78, 5) is 28.5. The molecule has 0 saturated carbocycles. The van der Waals surface area contributed by atoms with Crippen molar-refractivity contribution in [3.8, 4) is 5.95 Å².